The van der Waals surface area contributed by atoms with Gasteiger partial charge in [-0.05, 0) is 43.0 Å². The van der Waals surface area contributed by atoms with E-state index in [4.69, 9.17) is 0 Å². The van der Waals surface area contributed by atoms with Crippen molar-refractivity contribution < 1.29 is 18.0 Å². The summed E-state index contributed by atoms with van der Waals surface area (Å²) in [4.78, 5) is 33.2. The molecule has 1 fully saturated rings. The number of hydrogen-bond acceptors (Lipinski definition) is 6. The maximum Gasteiger partial charge on any atom is 0.243 e. The molecular formula is C22H28N4O4S2. The number of rotatable bonds is 7. The Morgan fingerprint density at radius 2 is 1.91 bits per heavy atom. The van der Waals surface area contributed by atoms with Gasteiger partial charge < -0.3 is 4.90 Å². The predicted octanol–water partition coefficient (Wildman–Crippen LogP) is 2.82. The van der Waals surface area contributed by atoms with Gasteiger partial charge in [-0.15, -0.1) is 11.3 Å². The fourth-order valence-electron chi connectivity index (χ4n) is 4.31. The lowest BCUT2D eigenvalue weighted by molar-refractivity contribution is -0.118. The third-order valence-corrected chi connectivity index (χ3v) is 8.95. The van der Waals surface area contributed by atoms with E-state index in [1.54, 1.807) is 28.0 Å². The summed E-state index contributed by atoms with van der Waals surface area (Å²) in [6.45, 7) is 5.75. The molecule has 0 spiro atoms. The molecule has 32 heavy (non-hydrogen) atoms. The standard InChI is InChI=1S/C22H28N4O4S2/c1-3-24(4-2)32(29,30)18-9-10-19-16(13-18)7-5-11-25(19)21(28)14-17-15-31-22(23-17)26-12-6-8-20(26)27/h9-10,13,15H,3-8,11-12,14H2,1-2H3. The van der Waals surface area contributed by atoms with Gasteiger partial charge in [0.05, 0.1) is 17.0 Å². The molecule has 0 aliphatic carbocycles. The second kappa shape index (κ2) is 9.29. The van der Waals surface area contributed by atoms with Crippen LogP contribution in [0.15, 0.2) is 28.5 Å². The Morgan fingerprint density at radius 3 is 2.59 bits per heavy atom. The summed E-state index contributed by atoms with van der Waals surface area (Å²) in [7, 11) is -3.54. The highest BCUT2D eigenvalue weighted by molar-refractivity contribution is 7.89. The molecule has 0 atom stereocenters. The Morgan fingerprint density at radius 1 is 1.16 bits per heavy atom. The van der Waals surface area contributed by atoms with E-state index in [0.29, 0.717) is 43.4 Å². The number of benzene rings is 1. The number of carbonyl (C=O) groups excluding carboxylic acids is 2. The Hall–Kier alpha value is -2.30. The largest absolute Gasteiger partial charge is 0.312 e. The summed E-state index contributed by atoms with van der Waals surface area (Å²) in [5.41, 5.74) is 2.30. The van der Waals surface area contributed by atoms with Gasteiger partial charge in [-0.1, -0.05) is 13.8 Å². The highest BCUT2D eigenvalue weighted by Crippen LogP contribution is 2.31. The smallest absolute Gasteiger partial charge is 0.243 e. The van der Waals surface area contributed by atoms with E-state index in [2.05, 4.69) is 4.98 Å². The van der Waals surface area contributed by atoms with Gasteiger partial charge in [-0.3, -0.25) is 14.5 Å². The van der Waals surface area contributed by atoms with E-state index in [9.17, 15) is 18.0 Å². The van der Waals surface area contributed by atoms with Crippen LogP contribution in [0.25, 0.3) is 0 Å². The molecule has 2 aliphatic heterocycles. The molecule has 0 saturated carbocycles. The second-order valence-corrected chi connectivity index (χ2v) is 10.8. The quantitative estimate of drug-likeness (QED) is 0.613. The Balaban J connectivity index is 1.52. The number of carbonyl (C=O) groups is 2. The molecule has 2 amide bonds. The van der Waals surface area contributed by atoms with Gasteiger partial charge in [0, 0.05) is 43.7 Å². The average Bonchev–Trinajstić information content (AvgIpc) is 3.42. The van der Waals surface area contributed by atoms with Crippen LogP contribution in [-0.2, 0) is 32.5 Å². The Bertz CT molecular complexity index is 1120. The van der Waals surface area contributed by atoms with Crippen molar-refractivity contribution in [2.24, 2.45) is 0 Å². The lowest BCUT2D eigenvalue weighted by Crippen LogP contribution is -2.37. The van der Waals surface area contributed by atoms with Crippen molar-refractivity contribution in [1.82, 2.24) is 9.29 Å². The highest BCUT2D eigenvalue weighted by atomic mass is 32.2. The summed E-state index contributed by atoms with van der Waals surface area (Å²) in [5.74, 6) is 0.00699. The molecule has 0 radical (unpaired) electrons. The number of fused-ring (bicyclic) bond motifs is 1. The average molecular weight is 477 g/mol. The fourth-order valence-corrected chi connectivity index (χ4v) is 6.68. The SMILES string of the molecule is CCN(CC)S(=O)(=O)c1ccc2c(c1)CCCN2C(=O)Cc1csc(N2CCCC2=O)n1. The first-order valence-electron chi connectivity index (χ1n) is 11.0. The van der Waals surface area contributed by atoms with Crippen molar-refractivity contribution in [2.45, 2.75) is 50.8 Å². The maximum atomic E-state index is 13.1. The maximum absolute atomic E-state index is 13.1. The molecular weight excluding hydrogens is 448 g/mol. The molecule has 10 heteroatoms. The molecule has 0 bridgehead atoms. The third-order valence-electron chi connectivity index (χ3n) is 5.99. The molecule has 0 unspecified atom stereocenters. The minimum atomic E-state index is -3.54. The van der Waals surface area contributed by atoms with E-state index in [1.807, 2.05) is 19.2 Å². The normalized spacial score (nSPS) is 16.7. The van der Waals surface area contributed by atoms with Crippen LogP contribution in [0.1, 0.15) is 44.4 Å². The number of hydrogen-bond donors (Lipinski definition) is 0. The van der Waals surface area contributed by atoms with Crippen molar-refractivity contribution in [3.05, 3.63) is 34.8 Å². The number of nitrogens with zero attached hydrogens (tertiary/aromatic N) is 4. The van der Waals surface area contributed by atoms with E-state index in [-0.39, 0.29) is 23.1 Å². The highest BCUT2D eigenvalue weighted by Gasteiger charge is 2.28. The van der Waals surface area contributed by atoms with Crippen LogP contribution < -0.4 is 9.80 Å². The molecule has 4 rings (SSSR count). The second-order valence-electron chi connectivity index (χ2n) is 7.98. The van der Waals surface area contributed by atoms with Crippen LogP contribution in [0.4, 0.5) is 10.8 Å². The first-order chi connectivity index (χ1) is 15.3. The lowest BCUT2D eigenvalue weighted by atomic mass is 10.0. The molecule has 3 heterocycles. The van der Waals surface area contributed by atoms with Crippen molar-refractivity contribution in [2.75, 3.05) is 36.0 Å². The predicted molar refractivity (Wildman–Crippen MR) is 125 cm³/mol. The first kappa shape index (κ1) is 22.9. The molecule has 172 valence electrons. The van der Waals surface area contributed by atoms with E-state index in [0.717, 1.165) is 30.5 Å². The zero-order chi connectivity index (χ0) is 22.9. The van der Waals surface area contributed by atoms with Crippen LogP contribution in [0.5, 0.6) is 0 Å². The van der Waals surface area contributed by atoms with Crippen LogP contribution in [0, 0.1) is 0 Å². The number of aryl methyl sites for hydroxylation is 1. The van der Waals surface area contributed by atoms with Gasteiger partial charge in [-0.2, -0.15) is 4.31 Å². The van der Waals surface area contributed by atoms with Gasteiger partial charge in [-0.25, -0.2) is 13.4 Å². The number of thiazole rings is 1. The van der Waals surface area contributed by atoms with E-state index in [1.165, 1.54) is 15.6 Å². The number of aromatic nitrogens is 1. The summed E-state index contributed by atoms with van der Waals surface area (Å²) in [6.07, 6.45) is 3.04. The number of sulfonamides is 1. The van der Waals surface area contributed by atoms with Gasteiger partial charge in [0.2, 0.25) is 21.8 Å². The van der Waals surface area contributed by atoms with Crippen molar-refractivity contribution in [1.29, 1.82) is 0 Å². The molecule has 2 aromatic rings. The van der Waals surface area contributed by atoms with Gasteiger partial charge in [0.15, 0.2) is 5.13 Å². The van der Waals surface area contributed by atoms with Crippen molar-refractivity contribution >= 4 is 44.0 Å². The Kier molecular flexibility index (Phi) is 6.64. The lowest BCUT2D eigenvalue weighted by Gasteiger charge is -2.30. The van der Waals surface area contributed by atoms with Gasteiger partial charge in [0.25, 0.3) is 0 Å². The molecule has 1 aromatic heterocycles. The fraction of sp³-hybridized carbons (Fsp3) is 0.500. The first-order valence-corrected chi connectivity index (χ1v) is 13.3. The molecule has 8 nitrogen and oxygen atoms in total. The summed E-state index contributed by atoms with van der Waals surface area (Å²) >= 11 is 1.39. The molecule has 2 aliphatic rings. The topological polar surface area (TPSA) is 90.9 Å². The van der Waals surface area contributed by atoms with E-state index >= 15 is 0 Å². The summed E-state index contributed by atoms with van der Waals surface area (Å²) in [5, 5.41) is 2.49. The van der Waals surface area contributed by atoms with E-state index < -0.39 is 10.0 Å². The number of amides is 2. The molecule has 1 saturated heterocycles. The van der Waals surface area contributed by atoms with Gasteiger partial charge in [0.1, 0.15) is 0 Å². The van der Waals surface area contributed by atoms with Crippen molar-refractivity contribution in [3.63, 3.8) is 0 Å². The summed E-state index contributed by atoms with van der Waals surface area (Å²) in [6, 6.07) is 5.05. The molecule has 0 N–H and O–H groups in total. The zero-order valence-corrected chi connectivity index (χ0v) is 20.0. The monoisotopic (exact) mass is 476 g/mol. The van der Waals surface area contributed by atoms with Crippen molar-refractivity contribution in [3.8, 4) is 0 Å². The molecule has 1 aromatic carbocycles. The Labute approximate surface area is 192 Å². The van der Waals surface area contributed by atoms with Crippen LogP contribution >= 0.6 is 11.3 Å². The van der Waals surface area contributed by atoms with Crippen LogP contribution in [0.3, 0.4) is 0 Å². The zero-order valence-electron chi connectivity index (χ0n) is 18.4. The third kappa shape index (κ3) is 4.31. The minimum absolute atomic E-state index is 0.0742. The number of anilines is 2. The van der Waals surface area contributed by atoms with Gasteiger partial charge >= 0.3 is 0 Å². The van der Waals surface area contributed by atoms with Crippen LogP contribution in [-0.4, -0.2) is 55.7 Å². The van der Waals surface area contributed by atoms with Crippen LogP contribution in [0.2, 0.25) is 0 Å². The minimum Gasteiger partial charge on any atom is -0.312 e. The summed E-state index contributed by atoms with van der Waals surface area (Å²) < 4.78 is 27.2.